The van der Waals surface area contributed by atoms with Crippen molar-refractivity contribution in [1.29, 1.82) is 0 Å². The van der Waals surface area contributed by atoms with Gasteiger partial charge in [0.05, 0.1) is 23.2 Å². The zero-order valence-corrected chi connectivity index (χ0v) is 17.5. The highest BCUT2D eigenvalue weighted by Gasteiger charge is 2.45. The van der Waals surface area contributed by atoms with Crippen LogP contribution in [-0.2, 0) is 11.8 Å². The van der Waals surface area contributed by atoms with E-state index in [1.54, 1.807) is 11.2 Å². The third kappa shape index (κ3) is 2.61. The van der Waals surface area contributed by atoms with Crippen molar-refractivity contribution in [1.82, 2.24) is 34.7 Å². The fourth-order valence-electron chi connectivity index (χ4n) is 4.06. The highest BCUT2D eigenvalue weighted by atomic mass is 31.0. The van der Waals surface area contributed by atoms with Crippen molar-refractivity contribution in [2.75, 3.05) is 6.54 Å². The molecule has 9 nitrogen and oxygen atoms in total. The molecule has 1 aliphatic heterocycles. The maximum absolute atomic E-state index is 13.4. The van der Waals surface area contributed by atoms with Gasteiger partial charge >= 0.3 is 11.8 Å². The number of imidazole rings is 1. The monoisotopic (exact) mass is 421 g/mol. The van der Waals surface area contributed by atoms with E-state index in [1.165, 1.54) is 0 Å². The van der Waals surface area contributed by atoms with Crippen LogP contribution in [0.2, 0.25) is 0 Å². The predicted octanol–water partition coefficient (Wildman–Crippen LogP) is 1.78. The zero-order valence-electron chi connectivity index (χ0n) is 16.4. The number of hydrogen-bond donors (Lipinski definition) is 1. The van der Waals surface area contributed by atoms with E-state index in [2.05, 4.69) is 36.3 Å². The fourth-order valence-corrected chi connectivity index (χ4v) is 4.39. The van der Waals surface area contributed by atoms with Crippen LogP contribution >= 0.6 is 9.24 Å². The van der Waals surface area contributed by atoms with E-state index < -0.39 is 6.04 Å². The molecule has 2 aliphatic rings. The van der Waals surface area contributed by atoms with E-state index in [4.69, 9.17) is 9.52 Å². The van der Waals surface area contributed by atoms with Gasteiger partial charge < -0.3 is 14.3 Å². The van der Waals surface area contributed by atoms with Crippen molar-refractivity contribution < 1.29 is 9.21 Å². The van der Waals surface area contributed by atoms with Gasteiger partial charge in [-0.25, -0.2) is 9.50 Å². The van der Waals surface area contributed by atoms with Crippen LogP contribution in [0, 0.1) is 0 Å². The summed E-state index contributed by atoms with van der Waals surface area (Å²) >= 11 is 0. The number of fused-ring (bicyclic) bond motifs is 2. The number of aromatic nitrogens is 6. The molecule has 0 aromatic carbocycles. The molecule has 30 heavy (non-hydrogen) atoms. The lowest BCUT2D eigenvalue weighted by Crippen LogP contribution is -2.41. The van der Waals surface area contributed by atoms with Crippen molar-refractivity contribution in [3.63, 3.8) is 0 Å². The largest absolute Gasteiger partial charge is 0.416 e. The van der Waals surface area contributed by atoms with Gasteiger partial charge in [0.25, 0.3) is 0 Å². The van der Waals surface area contributed by atoms with Crippen LogP contribution in [0.1, 0.15) is 59.5 Å². The second-order valence-electron chi connectivity index (χ2n) is 8.25. The maximum atomic E-state index is 13.4. The number of carbonyl (C=O) groups is 1. The number of aromatic amines is 1. The lowest BCUT2D eigenvalue weighted by atomic mass is 9.99. The number of amides is 1. The average Bonchev–Trinajstić information content (AvgIpc) is 3.21. The molecule has 152 valence electrons. The molecule has 10 heteroatoms. The van der Waals surface area contributed by atoms with Gasteiger partial charge in [-0.05, 0) is 30.3 Å². The Balaban J connectivity index is 1.43. The van der Waals surface area contributed by atoms with Crippen molar-refractivity contribution in [3.05, 3.63) is 59.6 Å². The molecule has 0 saturated heterocycles. The van der Waals surface area contributed by atoms with Crippen molar-refractivity contribution in [3.8, 4) is 0 Å². The third-order valence-corrected chi connectivity index (χ3v) is 6.63. The van der Waals surface area contributed by atoms with E-state index in [0.717, 1.165) is 40.7 Å². The Morgan fingerprint density at radius 1 is 1.37 bits per heavy atom. The Morgan fingerprint density at radius 3 is 3.03 bits per heavy atom. The lowest BCUT2D eigenvalue weighted by molar-refractivity contribution is 0.0643. The third-order valence-electron chi connectivity index (χ3n) is 6.14. The number of hydrogen-bond acceptors (Lipinski definition) is 6. The average molecular weight is 421 g/mol. The minimum absolute atomic E-state index is 0.0256. The molecule has 0 radical (unpaired) electrons. The Morgan fingerprint density at radius 2 is 2.23 bits per heavy atom. The first-order valence-electron chi connectivity index (χ1n) is 9.94. The van der Waals surface area contributed by atoms with Gasteiger partial charge in [0.2, 0.25) is 5.89 Å². The molecule has 1 fully saturated rings. The molecule has 0 bridgehead atoms. The Bertz CT molecular complexity index is 1290. The summed E-state index contributed by atoms with van der Waals surface area (Å²) in [4.78, 5) is 22.9. The maximum Gasteiger partial charge on any atom is 0.312 e. The van der Waals surface area contributed by atoms with Crippen molar-refractivity contribution in [2.24, 2.45) is 0 Å². The molecule has 6 rings (SSSR count). The highest BCUT2D eigenvalue weighted by Crippen LogP contribution is 2.46. The van der Waals surface area contributed by atoms with E-state index in [-0.39, 0.29) is 17.2 Å². The molecular weight excluding hydrogens is 401 g/mol. The summed E-state index contributed by atoms with van der Waals surface area (Å²) in [7, 11) is 2.72. The summed E-state index contributed by atoms with van der Waals surface area (Å²) in [5, 5.41) is 14.0. The van der Waals surface area contributed by atoms with Gasteiger partial charge in [0.15, 0.2) is 0 Å². The first-order valence-corrected chi connectivity index (χ1v) is 10.5. The molecule has 1 aliphatic carbocycles. The van der Waals surface area contributed by atoms with Crippen LogP contribution in [0.25, 0.3) is 5.52 Å². The molecule has 5 heterocycles. The lowest BCUT2D eigenvalue weighted by Gasteiger charge is -2.32. The van der Waals surface area contributed by atoms with Gasteiger partial charge in [-0.3, -0.25) is 4.79 Å². The summed E-state index contributed by atoms with van der Waals surface area (Å²) in [5.41, 5.74) is 3.45. The summed E-state index contributed by atoms with van der Waals surface area (Å²) in [6.07, 6.45) is 6.25. The van der Waals surface area contributed by atoms with Crippen LogP contribution < -0.4 is 5.30 Å². The minimum atomic E-state index is -0.427. The van der Waals surface area contributed by atoms with Gasteiger partial charge in [-0.1, -0.05) is 13.0 Å². The number of nitrogens with one attached hydrogen (secondary N) is 1. The fraction of sp³-hybridized carbons (Fsp3) is 0.350. The van der Waals surface area contributed by atoms with E-state index >= 15 is 0 Å². The normalized spacial score (nSPS) is 19.8. The van der Waals surface area contributed by atoms with Gasteiger partial charge in [-0.2, -0.15) is 5.10 Å². The van der Waals surface area contributed by atoms with Crippen LogP contribution in [0.3, 0.4) is 0 Å². The quantitative estimate of drug-likeness (QED) is 0.506. The Labute approximate surface area is 174 Å². The van der Waals surface area contributed by atoms with E-state index in [1.807, 2.05) is 28.9 Å². The molecule has 4 aromatic heterocycles. The SMILES string of the molecule is CC1(c2nnc(C(=O)N3CCc4[nH]cnc4[C@@H]3c3cc4c(P)cccn4n3)o2)CC1. The Kier molecular flexibility index (Phi) is 3.68. The molecule has 2 atom stereocenters. The standard InChI is InChI=1S/C20H20N7O2P/c1-20(5-6-20)19-24-23-17(29-19)18(28)26-8-4-11-15(22-10-21-11)16(26)12-9-13-14(30)3-2-7-27(13)25-12/h2-3,7,9-10,16H,4-6,8,30H2,1H3,(H,21,22)/t16-/m0/s1. The van der Waals surface area contributed by atoms with Crippen LogP contribution in [-0.4, -0.2) is 47.1 Å². The molecule has 1 unspecified atom stereocenters. The highest BCUT2D eigenvalue weighted by molar-refractivity contribution is 7.28. The van der Waals surface area contributed by atoms with Gasteiger partial charge in [-0.15, -0.1) is 19.4 Å². The van der Waals surface area contributed by atoms with Crippen LogP contribution in [0.5, 0.6) is 0 Å². The van der Waals surface area contributed by atoms with Crippen molar-refractivity contribution in [2.45, 2.75) is 37.6 Å². The van der Waals surface area contributed by atoms with Gasteiger partial charge in [0.1, 0.15) is 6.04 Å². The molecule has 4 aromatic rings. The predicted molar refractivity (Wildman–Crippen MR) is 111 cm³/mol. The summed E-state index contributed by atoms with van der Waals surface area (Å²) in [5.74, 6) is 0.276. The topological polar surface area (TPSA) is 105 Å². The first-order chi connectivity index (χ1) is 14.5. The van der Waals surface area contributed by atoms with Crippen LogP contribution in [0.4, 0.5) is 0 Å². The second kappa shape index (κ2) is 6.22. The molecular formula is C20H20N7O2P. The Hall–Kier alpha value is -3.06. The molecule has 0 spiro atoms. The molecule has 1 N–H and O–H groups in total. The molecule has 1 amide bonds. The summed E-state index contributed by atoms with van der Waals surface area (Å²) in [6, 6.07) is 5.52. The minimum Gasteiger partial charge on any atom is -0.416 e. The van der Waals surface area contributed by atoms with Crippen molar-refractivity contribution >= 4 is 26.0 Å². The number of pyridine rings is 1. The number of carbonyl (C=O) groups excluding carboxylic acids is 1. The number of H-pyrrole nitrogens is 1. The number of nitrogens with zero attached hydrogens (tertiary/aromatic N) is 6. The summed E-state index contributed by atoms with van der Waals surface area (Å²) in [6.45, 7) is 2.58. The zero-order chi connectivity index (χ0) is 20.5. The smallest absolute Gasteiger partial charge is 0.312 e. The first kappa shape index (κ1) is 17.8. The number of rotatable bonds is 3. The van der Waals surface area contributed by atoms with Gasteiger partial charge in [0, 0.05) is 30.3 Å². The van der Waals surface area contributed by atoms with E-state index in [9.17, 15) is 4.79 Å². The summed E-state index contributed by atoms with van der Waals surface area (Å²) < 4.78 is 7.61. The van der Waals surface area contributed by atoms with E-state index in [0.29, 0.717) is 18.9 Å². The molecule has 1 saturated carbocycles. The second-order valence-corrected chi connectivity index (χ2v) is 8.87. The van der Waals surface area contributed by atoms with Crippen LogP contribution in [0.15, 0.2) is 35.1 Å².